The zero-order valence-corrected chi connectivity index (χ0v) is 17.3. The number of allylic oxidation sites excluding steroid dienone is 2. The molecule has 1 aromatic heterocycles. The van der Waals surface area contributed by atoms with Crippen molar-refractivity contribution in [1.29, 1.82) is 0 Å². The molecule has 29 heavy (non-hydrogen) atoms. The first kappa shape index (κ1) is 22.4. The molecule has 0 atom stereocenters. The van der Waals surface area contributed by atoms with Crippen molar-refractivity contribution in [2.45, 2.75) is 32.1 Å². The van der Waals surface area contributed by atoms with Crippen molar-refractivity contribution < 1.29 is 4.79 Å². The number of carbonyl (C=O) groups excluding carboxylic acids is 1. The molecule has 0 bridgehead atoms. The number of amides is 2. The van der Waals surface area contributed by atoms with Crippen molar-refractivity contribution in [1.82, 2.24) is 20.2 Å². The highest BCUT2D eigenvalue weighted by Gasteiger charge is 2.10. The normalized spacial score (nSPS) is 13.5. The van der Waals surface area contributed by atoms with Crippen molar-refractivity contribution >= 4 is 23.5 Å². The maximum absolute atomic E-state index is 11.5. The molecule has 0 aliphatic heterocycles. The van der Waals surface area contributed by atoms with E-state index in [1.54, 1.807) is 0 Å². The minimum absolute atomic E-state index is 0.254. The molecule has 2 amide bonds. The summed E-state index contributed by atoms with van der Waals surface area (Å²) < 4.78 is 0. The first-order valence-electron chi connectivity index (χ1n) is 9.92. The van der Waals surface area contributed by atoms with Gasteiger partial charge in [-0.2, -0.15) is 4.99 Å². The maximum atomic E-state index is 11.5. The van der Waals surface area contributed by atoms with Crippen LogP contribution in [0.2, 0.25) is 0 Å². The Balaban J connectivity index is 1.81. The summed E-state index contributed by atoms with van der Waals surface area (Å²) in [5.41, 5.74) is 13.5. The van der Waals surface area contributed by atoms with Gasteiger partial charge in [-0.05, 0) is 57.5 Å². The summed E-state index contributed by atoms with van der Waals surface area (Å²) in [6.45, 7) is 2.36. The van der Waals surface area contributed by atoms with Crippen molar-refractivity contribution in [3.8, 4) is 0 Å². The van der Waals surface area contributed by atoms with Gasteiger partial charge in [0.15, 0.2) is 5.96 Å². The Morgan fingerprint density at radius 2 is 1.97 bits per heavy atom. The number of aliphatic imine (C=N–C) groups is 1. The zero-order valence-electron chi connectivity index (χ0n) is 17.3. The number of guanidine groups is 1. The van der Waals surface area contributed by atoms with Crippen LogP contribution >= 0.6 is 0 Å². The van der Waals surface area contributed by atoms with Crippen LogP contribution in [0.1, 0.15) is 37.7 Å². The van der Waals surface area contributed by atoms with Crippen molar-refractivity contribution in [2.75, 3.05) is 39.0 Å². The van der Waals surface area contributed by atoms with Crippen LogP contribution in [0.15, 0.2) is 35.1 Å². The van der Waals surface area contributed by atoms with Gasteiger partial charge in [-0.1, -0.05) is 18.6 Å². The molecule has 0 fully saturated rings. The van der Waals surface area contributed by atoms with Crippen LogP contribution < -0.4 is 22.1 Å². The number of carbonyl (C=O) groups is 1. The lowest BCUT2D eigenvalue weighted by Crippen LogP contribution is -2.29. The lowest BCUT2D eigenvalue weighted by atomic mass is 9.95. The van der Waals surface area contributed by atoms with E-state index >= 15 is 0 Å². The molecule has 1 aliphatic rings. The van der Waals surface area contributed by atoms with Gasteiger partial charge in [0.2, 0.25) is 5.95 Å². The molecule has 0 radical (unpaired) electrons. The van der Waals surface area contributed by atoms with E-state index in [1.807, 2.05) is 12.4 Å². The topological polar surface area (TPSA) is 135 Å². The van der Waals surface area contributed by atoms with Gasteiger partial charge in [0, 0.05) is 31.0 Å². The summed E-state index contributed by atoms with van der Waals surface area (Å²) in [5, 5.41) is 5.94. The Kier molecular flexibility index (Phi) is 9.10. The zero-order chi connectivity index (χ0) is 21.1. The van der Waals surface area contributed by atoms with Crippen LogP contribution in [-0.2, 0) is 0 Å². The number of nitrogens with one attached hydrogen (secondary N) is 2. The van der Waals surface area contributed by atoms with Crippen LogP contribution in [0.25, 0.3) is 5.57 Å². The Morgan fingerprint density at radius 1 is 1.21 bits per heavy atom. The van der Waals surface area contributed by atoms with E-state index in [2.05, 4.69) is 56.7 Å². The Hall–Kier alpha value is -2.94. The fourth-order valence-corrected chi connectivity index (χ4v) is 2.97. The number of nitrogens with zero attached hydrogens (tertiary/aromatic N) is 4. The number of rotatable bonds is 10. The highest BCUT2D eigenvalue weighted by atomic mass is 16.2. The summed E-state index contributed by atoms with van der Waals surface area (Å²) in [4.78, 5) is 26.0. The van der Waals surface area contributed by atoms with Crippen LogP contribution in [-0.4, -0.2) is 60.6 Å². The van der Waals surface area contributed by atoms with Crippen LogP contribution in [0.3, 0.4) is 0 Å². The summed E-state index contributed by atoms with van der Waals surface area (Å²) in [5.74, 6) is 0.397. The van der Waals surface area contributed by atoms with E-state index in [0.717, 1.165) is 49.1 Å². The first-order chi connectivity index (χ1) is 13.9. The van der Waals surface area contributed by atoms with Crippen molar-refractivity contribution in [3.63, 3.8) is 0 Å². The Morgan fingerprint density at radius 3 is 2.66 bits per heavy atom. The molecule has 0 spiro atoms. The van der Waals surface area contributed by atoms with E-state index in [9.17, 15) is 4.79 Å². The average molecular weight is 401 g/mol. The van der Waals surface area contributed by atoms with Crippen LogP contribution in [0, 0.1) is 0 Å². The molecular weight excluding hydrogens is 368 g/mol. The number of nitrogens with two attached hydrogens (primary N) is 2. The van der Waals surface area contributed by atoms with E-state index in [4.69, 9.17) is 11.5 Å². The Bertz CT molecular complexity index is 748. The maximum Gasteiger partial charge on any atom is 0.344 e. The van der Waals surface area contributed by atoms with Crippen molar-refractivity contribution in [2.24, 2.45) is 16.5 Å². The fraction of sp³-hybridized carbons (Fsp3) is 0.500. The second kappa shape index (κ2) is 11.8. The third kappa shape index (κ3) is 8.73. The van der Waals surface area contributed by atoms with E-state index < -0.39 is 6.03 Å². The Labute approximate surface area is 172 Å². The molecule has 2 rings (SSSR count). The molecule has 6 N–H and O–H groups in total. The minimum Gasteiger partial charge on any atom is -0.370 e. The SMILES string of the molecule is CN(C)CCCCCNc1ncc(C2=CC(CNC(=O)N=C(N)N)=CCC2)cn1. The molecule has 0 saturated heterocycles. The number of urea groups is 1. The van der Waals surface area contributed by atoms with E-state index in [1.165, 1.54) is 12.8 Å². The largest absolute Gasteiger partial charge is 0.370 e. The molecule has 0 unspecified atom stereocenters. The molecule has 1 aliphatic carbocycles. The van der Waals surface area contributed by atoms with Gasteiger partial charge in [-0.25, -0.2) is 14.8 Å². The van der Waals surface area contributed by atoms with Gasteiger partial charge in [-0.15, -0.1) is 0 Å². The quantitative estimate of drug-likeness (QED) is 0.267. The van der Waals surface area contributed by atoms with Gasteiger partial charge in [0.05, 0.1) is 0 Å². The molecule has 1 aromatic rings. The van der Waals surface area contributed by atoms with E-state index in [0.29, 0.717) is 12.5 Å². The number of hydrogen-bond acceptors (Lipinski definition) is 5. The lowest BCUT2D eigenvalue weighted by Gasteiger charge is -2.14. The van der Waals surface area contributed by atoms with E-state index in [-0.39, 0.29) is 5.96 Å². The lowest BCUT2D eigenvalue weighted by molar-refractivity contribution is 0.250. The van der Waals surface area contributed by atoms with Crippen molar-refractivity contribution in [3.05, 3.63) is 35.7 Å². The fourth-order valence-electron chi connectivity index (χ4n) is 2.97. The molecular formula is C20H32N8O. The summed E-state index contributed by atoms with van der Waals surface area (Å²) >= 11 is 0. The molecule has 0 aromatic carbocycles. The molecule has 9 heteroatoms. The average Bonchev–Trinajstić information content (AvgIpc) is 2.69. The van der Waals surface area contributed by atoms with Crippen LogP contribution in [0.5, 0.6) is 0 Å². The highest BCUT2D eigenvalue weighted by Crippen LogP contribution is 2.25. The monoisotopic (exact) mass is 400 g/mol. The molecule has 0 saturated carbocycles. The van der Waals surface area contributed by atoms with Gasteiger partial charge in [0.25, 0.3) is 0 Å². The third-order valence-electron chi connectivity index (χ3n) is 4.44. The summed E-state index contributed by atoms with van der Waals surface area (Å²) in [6, 6.07) is -0.549. The van der Waals surface area contributed by atoms with Gasteiger partial charge < -0.3 is 27.0 Å². The number of hydrogen-bond donors (Lipinski definition) is 4. The molecule has 9 nitrogen and oxygen atoms in total. The number of anilines is 1. The highest BCUT2D eigenvalue weighted by molar-refractivity contribution is 5.90. The number of aromatic nitrogens is 2. The van der Waals surface area contributed by atoms with Gasteiger partial charge in [0.1, 0.15) is 0 Å². The second-order valence-corrected chi connectivity index (χ2v) is 7.27. The number of unbranched alkanes of at least 4 members (excludes halogenated alkanes) is 2. The van der Waals surface area contributed by atoms with Gasteiger partial charge in [-0.3, -0.25) is 0 Å². The first-order valence-corrected chi connectivity index (χ1v) is 9.92. The molecule has 158 valence electrons. The molecule has 1 heterocycles. The van der Waals surface area contributed by atoms with Crippen LogP contribution in [0.4, 0.5) is 10.7 Å². The third-order valence-corrected chi connectivity index (χ3v) is 4.44. The van der Waals surface area contributed by atoms with Gasteiger partial charge >= 0.3 is 6.03 Å². The smallest absolute Gasteiger partial charge is 0.344 e. The summed E-state index contributed by atoms with van der Waals surface area (Å²) in [7, 11) is 4.19. The predicted molar refractivity (Wildman–Crippen MR) is 117 cm³/mol. The second-order valence-electron chi connectivity index (χ2n) is 7.27. The minimum atomic E-state index is -0.549. The predicted octanol–water partition coefficient (Wildman–Crippen LogP) is 1.71. The standard InChI is InChI=1S/C20H32N8O/c1-28(2)10-5-3-4-9-23-19-24-13-17(14-25-19)16-8-6-7-15(11-16)12-26-20(29)27-18(21)22/h7,11,13-14H,3-6,8-10,12H2,1-2H3,(H,23,24,25)(H5,21,22,26,27,29). The summed E-state index contributed by atoms with van der Waals surface area (Å²) in [6.07, 6.45) is 13.1.